The van der Waals surface area contributed by atoms with Gasteiger partial charge in [-0.3, -0.25) is 4.79 Å². The number of hydrogen-bond acceptors (Lipinski definition) is 3. The maximum Gasteiger partial charge on any atom is 0.140 e. The van der Waals surface area contributed by atoms with Crippen LogP contribution in [-0.4, -0.2) is 18.9 Å². The van der Waals surface area contributed by atoms with Gasteiger partial charge in [0.2, 0.25) is 0 Å². The molecule has 1 saturated carbocycles. The van der Waals surface area contributed by atoms with E-state index in [0.29, 0.717) is 24.7 Å². The topological polar surface area (TPSA) is 52.3 Å². The molecule has 114 valence electrons. The predicted octanol–water partition coefficient (Wildman–Crippen LogP) is 3.26. The third kappa shape index (κ3) is 3.16. The van der Waals surface area contributed by atoms with Crippen molar-refractivity contribution < 1.29 is 9.53 Å². The van der Waals surface area contributed by atoms with E-state index in [9.17, 15) is 4.79 Å². The van der Waals surface area contributed by atoms with Gasteiger partial charge in [-0.25, -0.2) is 0 Å². The van der Waals surface area contributed by atoms with Gasteiger partial charge in [0.25, 0.3) is 0 Å². The fourth-order valence-corrected chi connectivity index (χ4v) is 4.26. The molecule has 0 saturated heterocycles. The van der Waals surface area contributed by atoms with Crippen molar-refractivity contribution in [3.63, 3.8) is 0 Å². The highest BCUT2D eigenvalue weighted by Crippen LogP contribution is 2.36. The van der Waals surface area contributed by atoms with Crippen LogP contribution in [-0.2, 0) is 17.6 Å². The Balaban J connectivity index is 1.78. The molecule has 1 aromatic carbocycles. The van der Waals surface area contributed by atoms with Gasteiger partial charge in [-0.15, -0.1) is 0 Å². The molecule has 1 aliphatic heterocycles. The van der Waals surface area contributed by atoms with E-state index in [-0.39, 0.29) is 5.92 Å². The average molecular weight is 352 g/mol. The Morgan fingerprint density at radius 3 is 2.95 bits per heavy atom. The minimum Gasteiger partial charge on any atom is -0.493 e. The van der Waals surface area contributed by atoms with E-state index in [1.807, 2.05) is 6.07 Å². The van der Waals surface area contributed by atoms with Crippen LogP contribution >= 0.6 is 15.9 Å². The standard InChI is InChI=1S/C17H22BrNO2/c18-14-7-11-5-6-21-17(11)13(8-14)9-16(20)15-4-2-1-3-12(15)10-19/h7-8,12,15H,1-6,9-10,19H2. The molecule has 0 amide bonds. The van der Waals surface area contributed by atoms with Crippen molar-refractivity contribution in [3.8, 4) is 5.75 Å². The lowest BCUT2D eigenvalue weighted by molar-refractivity contribution is -0.124. The lowest BCUT2D eigenvalue weighted by Gasteiger charge is -2.29. The monoisotopic (exact) mass is 351 g/mol. The van der Waals surface area contributed by atoms with Gasteiger partial charge in [0.05, 0.1) is 6.61 Å². The maximum atomic E-state index is 12.7. The van der Waals surface area contributed by atoms with Crippen LogP contribution in [0.25, 0.3) is 0 Å². The molecule has 3 nitrogen and oxygen atoms in total. The summed E-state index contributed by atoms with van der Waals surface area (Å²) in [5.74, 6) is 1.78. The number of ketones is 1. The first kappa shape index (κ1) is 15.0. The lowest BCUT2D eigenvalue weighted by Crippen LogP contribution is -2.33. The molecule has 2 unspecified atom stereocenters. The van der Waals surface area contributed by atoms with Crippen molar-refractivity contribution in [2.75, 3.05) is 13.2 Å². The van der Waals surface area contributed by atoms with Gasteiger partial charge < -0.3 is 10.5 Å². The summed E-state index contributed by atoms with van der Waals surface area (Å²) in [6.07, 6.45) is 5.87. The smallest absolute Gasteiger partial charge is 0.140 e. The van der Waals surface area contributed by atoms with Crippen LogP contribution in [0.15, 0.2) is 16.6 Å². The number of benzene rings is 1. The number of ether oxygens (including phenoxy) is 1. The average Bonchev–Trinajstić information content (AvgIpc) is 2.95. The minimum atomic E-state index is 0.139. The van der Waals surface area contributed by atoms with Gasteiger partial charge in [-0.1, -0.05) is 28.8 Å². The number of carbonyl (C=O) groups is 1. The van der Waals surface area contributed by atoms with E-state index < -0.39 is 0 Å². The van der Waals surface area contributed by atoms with Crippen molar-refractivity contribution in [1.82, 2.24) is 0 Å². The van der Waals surface area contributed by atoms with Crippen molar-refractivity contribution in [2.24, 2.45) is 17.6 Å². The number of hydrogen-bond donors (Lipinski definition) is 1. The largest absolute Gasteiger partial charge is 0.493 e. The fraction of sp³-hybridized carbons (Fsp3) is 0.588. The van der Waals surface area contributed by atoms with E-state index in [1.54, 1.807) is 0 Å². The summed E-state index contributed by atoms with van der Waals surface area (Å²) in [5, 5.41) is 0. The molecule has 0 bridgehead atoms. The third-order valence-electron chi connectivity index (χ3n) is 4.82. The van der Waals surface area contributed by atoms with Crippen LogP contribution in [0.5, 0.6) is 5.75 Å². The number of carbonyl (C=O) groups excluding carboxylic acids is 1. The van der Waals surface area contributed by atoms with Crippen LogP contribution < -0.4 is 10.5 Å². The minimum absolute atomic E-state index is 0.139. The third-order valence-corrected chi connectivity index (χ3v) is 5.27. The zero-order valence-electron chi connectivity index (χ0n) is 12.2. The molecule has 2 N–H and O–H groups in total. The number of rotatable bonds is 4. The second-order valence-corrected chi connectivity index (χ2v) is 7.10. The zero-order valence-corrected chi connectivity index (χ0v) is 13.8. The van der Waals surface area contributed by atoms with E-state index >= 15 is 0 Å². The number of nitrogens with two attached hydrogens (primary N) is 1. The van der Waals surface area contributed by atoms with Gasteiger partial charge in [0.15, 0.2) is 0 Å². The van der Waals surface area contributed by atoms with E-state index in [0.717, 1.165) is 48.1 Å². The summed E-state index contributed by atoms with van der Waals surface area (Å²) in [7, 11) is 0. The molecular formula is C17H22BrNO2. The molecular weight excluding hydrogens is 330 g/mol. The van der Waals surface area contributed by atoms with Gasteiger partial charge in [-0.2, -0.15) is 0 Å². The van der Waals surface area contributed by atoms with E-state index in [1.165, 1.54) is 12.0 Å². The summed E-state index contributed by atoms with van der Waals surface area (Å²) >= 11 is 3.54. The van der Waals surface area contributed by atoms with Crippen molar-refractivity contribution >= 4 is 21.7 Å². The fourth-order valence-electron chi connectivity index (χ4n) is 3.71. The first-order valence-corrected chi connectivity index (χ1v) is 8.65. The highest BCUT2D eigenvalue weighted by atomic mass is 79.9. The normalized spacial score (nSPS) is 24.5. The molecule has 1 heterocycles. The van der Waals surface area contributed by atoms with E-state index in [4.69, 9.17) is 10.5 Å². The maximum absolute atomic E-state index is 12.7. The summed E-state index contributed by atoms with van der Waals surface area (Å²) in [4.78, 5) is 12.7. The first-order valence-electron chi connectivity index (χ1n) is 7.86. The second kappa shape index (κ2) is 6.49. The highest BCUT2D eigenvalue weighted by molar-refractivity contribution is 9.10. The lowest BCUT2D eigenvalue weighted by atomic mass is 9.75. The van der Waals surface area contributed by atoms with E-state index in [2.05, 4.69) is 22.0 Å². The first-order chi connectivity index (χ1) is 10.2. The Labute approximate surface area is 134 Å². The zero-order chi connectivity index (χ0) is 14.8. The molecule has 1 aliphatic carbocycles. The molecule has 1 aromatic rings. The Hall–Kier alpha value is -0.870. The number of halogens is 1. The van der Waals surface area contributed by atoms with Gasteiger partial charge in [-0.05, 0) is 43.0 Å². The van der Waals surface area contributed by atoms with Crippen LogP contribution in [0.4, 0.5) is 0 Å². The second-order valence-electron chi connectivity index (χ2n) is 6.18. The Kier molecular flexibility index (Phi) is 4.65. The summed E-state index contributed by atoms with van der Waals surface area (Å²) in [6, 6.07) is 4.13. The summed E-state index contributed by atoms with van der Waals surface area (Å²) in [5.41, 5.74) is 8.10. The molecule has 0 aromatic heterocycles. The highest BCUT2D eigenvalue weighted by Gasteiger charge is 2.30. The SMILES string of the molecule is NCC1CCCCC1C(=O)Cc1cc(Br)cc2c1OCC2. The van der Waals surface area contributed by atoms with Crippen LogP contribution in [0.1, 0.15) is 36.8 Å². The van der Waals surface area contributed by atoms with Crippen molar-refractivity contribution in [3.05, 3.63) is 27.7 Å². The summed E-state index contributed by atoms with van der Waals surface area (Å²) in [6.45, 7) is 1.35. The van der Waals surface area contributed by atoms with Gasteiger partial charge >= 0.3 is 0 Å². The van der Waals surface area contributed by atoms with Gasteiger partial charge in [0.1, 0.15) is 11.5 Å². The van der Waals surface area contributed by atoms with Crippen molar-refractivity contribution in [2.45, 2.75) is 38.5 Å². The summed E-state index contributed by atoms with van der Waals surface area (Å²) < 4.78 is 6.76. The molecule has 4 heteroatoms. The Bertz CT molecular complexity index is 544. The Morgan fingerprint density at radius 1 is 1.33 bits per heavy atom. The molecule has 0 radical (unpaired) electrons. The van der Waals surface area contributed by atoms with Crippen LogP contribution in [0, 0.1) is 11.8 Å². The Morgan fingerprint density at radius 2 is 2.14 bits per heavy atom. The predicted molar refractivity (Wildman–Crippen MR) is 86.6 cm³/mol. The van der Waals surface area contributed by atoms with Crippen LogP contribution in [0.3, 0.4) is 0 Å². The molecule has 1 fully saturated rings. The molecule has 2 atom stereocenters. The molecule has 0 spiro atoms. The molecule has 21 heavy (non-hydrogen) atoms. The molecule has 3 rings (SSSR count). The number of fused-ring (bicyclic) bond motifs is 1. The quantitative estimate of drug-likeness (QED) is 0.905. The van der Waals surface area contributed by atoms with Crippen molar-refractivity contribution in [1.29, 1.82) is 0 Å². The van der Waals surface area contributed by atoms with Crippen LogP contribution in [0.2, 0.25) is 0 Å². The number of Topliss-reactive ketones (excluding diaryl/α,β-unsaturated/α-hetero) is 1. The van der Waals surface area contributed by atoms with Gasteiger partial charge in [0, 0.05) is 28.8 Å². The molecule has 2 aliphatic rings.